The first-order valence-corrected chi connectivity index (χ1v) is 7.95. The summed E-state index contributed by atoms with van der Waals surface area (Å²) in [6.07, 6.45) is 0. The summed E-state index contributed by atoms with van der Waals surface area (Å²) in [7, 11) is 3.29. The lowest BCUT2D eigenvalue weighted by Crippen LogP contribution is -2.40. The lowest BCUT2D eigenvalue weighted by molar-refractivity contribution is 0.0384. The van der Waals surface area contributed by atoms with Crippen molar-refractivity contribution >= 4 is 15.9 Å². The van der Waals surface area contributed by atoms with Gasteiger partial charge in [0.25, 0.3) is 0 Å². The van der Waals surface area contributed by atoms with E-state index in [4.69, 9.17) is 14.2 Å². The van der Waals surface area contributed by atoms with Gasteiger partial charge in [0.1, 0.15) is 0 Å². The second-order valence-electron chi connectivity index (χ2n) is 4.94. The molecule has 0 radical (unpaired) electrons. The zero-order chi connectivity index (χ0) is 15.1. The van der Waals surface area contributed by atoms with Gasteiger partial charge in [-0.15, -0.1) is 0 Å². The van der Waals surface area contributed by atoms with Gasteiger partial charge in [-0.1, -0.05) is 0 Å². The van der Waals surface area contributed by atoms with Crippen LogP contribution in [0.15, 0.2) is 16.6 Å². The van der Waals surface area contributed by atoms with Crippen LogP contribution in [0.1, 0.15) is 5.56 Å². The van der Waals surface area contributed by atoms with E-state index in [1.165, 1.54) is 5.56 Å². The Bertz CT molecular complexity index is 451. The van der Waals surface area contributed by atoms with Gasteiger partial charge in [0.2, 0.25) is 0 Å². The van der Waals surface area contributed by atoms with Gasteiger partial charge in [0.05, 0.1) is 31.9 Å². The van der Waals surface area contributed by atoms with E-state index in [0.29, 0.717) is 0 Å². The SMILES string of the molecule is COc1cc(CNCCN2CCOCC2)cc(Br)c1OC. The molecule has 6 heteroatoms. The minimum Gasteiger partial charge on any atom is -0.493 e. The van der Waals surface area contributed by atoms with Gasteiger partial charge in [-0.05, 0) is 33.6 Å². The second kappa shape index (κ2) is 8.58. The molecular weight excluding hydrogens is 336 g/mol. The summed E-state index contributed by atoms with van der Waals surface area (Å²) in [5.41, 5.74) is 1.17. The maximum atomic E-state index is 5.35. The van der Waals surface area contributed by atoms with Crippen LogP contribution in [0.25, 0.3) is 0 Å². The number of nitrogens with zero attached hydrogens (tertiary/aromatic N) is 1. The summed E-state index contributed by atoms with van der Waals surface area (Å²) in [5, 5.41) is 3.47. The van der Waals surface area contributed by atoms with Crippen molar-refractivity contribution in [1.29, 1.82) is 0 Å². The lowest BCUT2D eigenvalue weighted by atomic mass is 10.2. The molecule has 21 heavy (non-hydrogen) atoms. The Morgan fingerprint density at radius 3 is 2.67 bits per heavy atom. The van der Waals surface area contributed by atoms with E-state index >= 15 is 0 Å². The van der Waals surface area contributed by atoms with Gasteiger partial charge in [-0.25, -0.2) is 0 Å². The van der Waals surface area contributed by atoms with Crippen molar-refractivity contribution in [1.82, 2.24) is 10.2 Å². The number of halogens is 1. The van der Waals surface area contributed by atoms with Crippen molar-refractivity contribution in [2.45, 2.75) is 6.54 Å². The van der Waals surface area contributed by atoms with Gasteiger partial charge in [-0.3, -0.25) is 4.90 Å². The van der Waals surface area contributed by atoms with Gasteiger partial charge in [0, 0.05) is 32.7 Å². The number of nitrogens with one attached hydrogen (secondary N) is 1. The molecule has 0 saturated carbocycles. The summed E-state index contributed by atoms with van der Waals surface area (Å²) in [4.78, 5) is 2.42. The number of ether oxygens (including phenoxy) is 3. The monoisotopic (exact) mass is 358 g/mol. The Labute approximate surface area is 134 Å². The first-order valence-electron chi connectivity index (χ1n) is 7.16. The number of methoxy groups -OCH3 is 2. The fourth-order valence-electron chi connectivity index (χ4n) is 2.37. The highest BCUT2D eigenvalue weighted by molar-refractivity contribution is 9.10. The van der Waals surface area contributed by atoms with Crippen LogP contribution in [-0.2, 0) is 11.3 Å². The van der Waals surface area contributed by atoms with E-state index < -0.39 is 0 Å². The van der Waals surface area contributed by atoms with Crippen LogP contribution >= 0.6 is 15.9 Å². The molecular formula is C15H23BrN2O3. The van der Waals surface area contributed by atoms with Crippen molar-refractivity contribution in [2.24, 2.45) is 0 Å². The van der Waals surface area contributed by atoms with E-state index in [0.717, 1.165) is 61.9 Å². The van der Waals surface area contributed by atoms with Crippen LogP contribution in [0, 0.1) is 0 Å². The average molecular weight is 359 g/mol. The molecule has 0 spiro atoms. The molecule has 5 nitrogen and oxygen atoms in total. The topological polar surface area (TPSA) is 43.0 Å². The summed E-state index contributed by atoms with van der Waals surface area (Å²) in [6.45, 7) is 6.59. The van der Waals surface area contributed by atoms with Crippen LogP contribution in [0.4, 0.5) is 0 Å². The number of hydrogen-bond donors (Lipinski definition) is 1. The van der Waals surface area contributed by atoms with Crippen LogP contribution in [0.3, 0.4) is 0 Å². The predicted molar refractivity (Wildman–Crippen MR) is 86.2 cm³/mol. The number of hydrogen-bond acceptors (Lipinski definition) is 5. The summed E-state index contributed by atoms with van der Waals surface area (Å²) < 4.78 is 16.9. The molecule has 1 saturated heterocycles. The Balaban J connectivity index is 1.81. The predicted octanol–water partition coefficient (Wildman–Crippen LogP) is 1.89. The van der Waals surface area contributed by atoms with Crippen molar-refractivity contribution in [3.63, 3.8) is 0 Å². The molecule has 118 valence electrons. The molecule has 0 atom stereocenters. The maximum Gasteiger partial charge on any atom is 0.174 e. The van der Waals surface area contributed by atoms with E-state index in [9.17, 15) is 0 Å². The van der Waals surface area contributed by atoms with Gasteiger partial charge in [-0.2, -0.15) is 0 Å². The Morgan fingerprint density at radius 2 is 2.00 bits per heavy atom. The van der Waals surface area contributed by atoms with E-state index in [1.807, 2.05) is 6.07 Å². The van der Waals surface area contributed by atoms with Crippen LogP contribution in [0.5, 0.6) is 11.5 Å². The Morgan fingerprint density at radius 1 is 1.24 bits per heavy atom. The molecule has 1 aromatic carbocycles. The minimum absolute atomic E-state index is 0.731. The van der Waals surface area contributed by atoms with Crippen LogP contribution in [0.2, 0.25) is 0 Å². The third kappa shape index (κ3) is 4.85. The summed E-state index contributed by atoms with van der Waals surface area (Å²) in [6, 6.07) is 4.06. The standard InChI is InChI=1S/C15H23BrN2O3/c1-19-14-10-12(9-13(16)15(14)20-2)11-17-3-4-18-5-7-21-8-6-18/h9-10,17H,3-8,11H2,1-2H3. The Hall–Kier alpha value is -0.820. The quantitative estimate of drug-likeness (QED) is 0.754. The molecule has 0 amide bonds. The van der Waals surface area contributed by atoms with Crippen molar-refractivity contribution < 1.29 is 14.2 Å². The molecule has 1 fully saturated rings. The largest absolute Gasteiger partial charge is 0.493 e. The van der Waals surface area contributed by atoms with Gasteiger partial charge >= 0.3 is 0 Å². The van der Waals surface area contributed by atoms with Gasteiger partial charge in [0.15, 0.2) is 11.5 Å². The number of benzene rings is 1. The zero-order valence-corrected chi connectivity index (χ0v) is 14.2. The minimum atomic E-state index is 0.731. The first-order chi connectivity index (χ1) is 10.2. The van der Waals surface area contributed by atoms with Crippen molar-refractivity contribution in [2.75, 3.05) is 53.6 Å². The highest BCUT2D eigenvalue weighted by Crippen LogP contribution is 2.36. The zero-order valence-electron chi connectivity index (χ0n) is 12.7. The van der Waals surface area contributed by atoms with E-state index in [2.05, 4.69) is 32.2 Å². The first kappa shape index (κ1) is 16.5. The summed E-state index contributed by atoms with van der Waals surface area (Å²) in [5.74, 6) is 1.48. The van der Waals surface area contributed by atoms with Crippen molar-refractivity contribution in [3.05, 3.63) is 22.2 Å². The number of rotatable bonds is 7. The Kier molecular flexibility index (Phi) is 6.76. The molecule has 0 aliphatic carbocycles. The fourth-order valence-corrected chi connectivity index (χ4v) is 3.02. The molecule has 1 aliphatic rings. The smallest absolute Gasteiger partial charge is 0.174 e. The molecule has 0 aromatic heterocycles. The molecule has 1 N–H and O–H groups in total. The van der Waals surface area contributed by atoms with E-state index in [-0.39, 0.29) is 0 Å². The average Bonchev–Trinajstić information content (AvgIpc) is 2.52. The second-order valence-corrected chi connectivity index (χ2v) is 5.80. The van der Waals surface area contributed by atoms with Crippen LogP contribution < -0.4 is 14.8 Å². The molecule has 0 bridgehead atoms. The van der Waals surface area contributed by atoms with Gasteiger partial charge < -0.3 is 19.5 Å². The highest BCUT2D eigenvalue weighted by Gasteiger charge is 2.11. The maximum absolute atomic E-state index is 5.35. The molecule has 1 heterocycles. The molecule has 1 aliphatic heterocycles. The number of morpholine rings is 1. The van der Waals surface area contributed by atoms with Crippen molar-refractivity contribution in [3.8, 4) is 11.5 Å². The molecule has 2 rings (SSSR count). The van der Waals surface area contributed by atoms with Crippen LogP contribution in [-0.4, -0.2) is 58.5 Å². The third-order valence-corrected chi connectivity index (χ3v) is 4.12. The highest BCUT2D eigenvalue weighted by atomic mass is 79.9. The normalized spacial score (nSPS) is 16.0. The molecule has 1 aromatic rings. The van der Waals surface area contributed by atoms with E-state index in [1.54, 1.807) is 14.2 Å². The third-order valence-electron chi connectivity index (χ3n) is 3.53. The fraction of sp³-hybridized carbons (Fsp3) is 0.600. The summed E-state index contributed by atoms with van der Waals surface area (Å²) >= 11 is 3.52. The molecule has 0 unspecified atom stereocenters. The lowest BCUT2D eigenvalue weighted by Gasteiger charge is -2.26.